The SMILES string of the molecule is CC.CC(C)n1cc(C#N)cn1. The van der Waals surface area contributed by atoms with Crippen LogP contribution in [0.25, 0.3) is 0 Å². The van der Waals surface area contributed by atoms with E-state index in [2.05, 4.69) is 5.10 Å². The molecule has 0 radical (unpaired) electrons. The third kappa shape index (κ3) is 2.75. The lowest BCUT2D eigenvalue weighted by Gasteiger charge is -2.01. The number of hydrogen-bond donors (Lipinski definition) is 0. The maximum atomic E-state index is 8.43. The highest BCUT2D eigenvalue weighted by molar-refractivity contribution is 5.21. The topological polar surface area (TPSA) is 41.6 Å². The van der Waals surface area contributed by atoms with Crippen molar-refractivity contribution in [3.8, 4) is 6.07 Å². The Morgan fingerprint density at radius 3 is 2.33 bits per heavy atom. The predicted molar refractivity (Wildman–Crippen MR) is 48.7 cm³/mol. The van der Waals surface area contributed by atoms with E-state index in [4.69, 9.17) is 5.26 Å². The highest BCUT2D eigenvalue weighted by Crippen LogP contribution is 2.03. The van der Waals surface area contributed by atoms with Gasteiger partial charge in [-0.2, -0.15) is 10.4 Å². The second kappa shape index (κ2) is 5.36. The van der Waals surface area contributed by atoms with Crippen molar-refractivity contribution in [3.63, 3.8) is 0 Å². The number of hydrogen-bond acceptors (Lipinski definition) is 2. The summed E-state index contributed by atoms with van der Waals surface area (Å²) in [7, 11) is 0. The quantitative estimate of drug-likeness (QED) is 0.641. The average Bonchev–Trinajstić information content (AvgIpc) is 2.55. The minimum atomic E-state index is 0.335. The molecule has 0 aliphatic rings. The molecule has 12 heavy (non-hydrogen) atoms. The summed E-state index contributed by atoms with van der Waals surface area (Å²) in [6.45, 7) is 8.04. The van der Waals surface area contributed by atoms with E-state index in [0.717, 1.165) is 0 Å². The standard InChI is InChI=1S/C7H9N3.C2H6/c1-6(2)10-5-7(3-8)4-9-10;1-2/h4-6H,1-2H3;1-2H3. The van der Waals surface area contributed by atoms with Gasteiger partial charge in [0.25, 0.3) is 0 Å². The molecule has 1 heterocycles. The molecule has 0 spiro atoms. The van der Waals surface area contributed by atoms with Gasteiger partial charge in [-0.15, -0.1) is 0 Å². The zero-order chi connectivity index (χ0) is 9.56. The van der Waals surface area contributed by atoms with Crippen molar-refractivity contribution in [1.82, 2.24) is 9.78 Å². The van der Waals surface area contributed by atoms with Gasteiger partial charge in [0.2, 0.25) is 0 Å². The first-order valence-corrected chi connectivity index (χ1v) is 4.18. The van der Waals surface area contributed by atoms with Crippen LogP contribution in [-0.2, 0) is 0 Å². The maximum absolute atomic E-state index is 8.43. The molecule has 0 saturated carbocycles. The predicted octanol–water partition coefficient (Wildman–Crippen LogP) is 2.36. The van der Waals surface area contributed by atoms with Crippen LogP contribution in [-0.4, -0.2) is 9.78 Å². The Kier molecular flexibility index (Phi) is 4.78. The fraction of sp³-hybridized carbons (Fsp3) is 0.556. The molecule has 0 fully saturated rings. The summed E-state index contributed by atoms with van der Waals surface area (Å²) in [5.41, 5.74) is 0.619. The van der Waals surface area contributed by atoms with Crippen molar-refractivity contribution in [2.24, 2.45) is 0 Å². The van der Waals surface area contributed by atoms with E-state index in [9.17, 15) is 0 Å². The van der Waals surface area contributed by atoms with Crippen LogP contribution in [0.1, 0.15) is 39.3 Å². The van der Waals surface area contributed by atoms with Crippen LogP contribution in [0.15, 0.2) is 12.4 Å². The van der Waals surface area contributed by atoms with Gasteiger partial charge in [0, 0.05) is 12.2 Å². The molecule has 0 unspecified atom stereocenters. The molecule has 0 saturated heterocycles. The molecular formula is C9H15N3. The number of aromatic nitrogens is 2. The fourth-order valence-corrected chi connectivity index (χ4v) is 0.678. The molecule has 0 atom stereocenters. The molecule has 0 aliphatic heterocycles. The number of nitriles is 1. The van der Waals surface area contributed by atoms with Gasteiger partial charge in [0.15, 0.2) is 0 Å². The van der Waals surface area contributed by atoms with Crippen LogP contribution in [0, 0.1) is 11.3 Å². The van der Waals surface area contributed by atoms with Crippen LogP contribution in [0.5, 0.6) is 0 Å². The lowest BCUT2D eigenvalue weighted by molar-refractivity contribution is 0.532. The van der Waals surface area contributed by atoms with Gasteiger partial charge in [-0.3, -0.25) is 4.68 Å². The Morgan fingerprint density at radius 1 is 1.50 bits per heavy atom. The van der Waals surface area contributed by atoms with Crippen LogP contribution in [0.3, 0.4) is 0 Å². The van der Waals surface area contributed by atoms with Crippen molar-refractivity contribution in [1.29, 1.82) is 5.26 Å². The second-order valence-corrected chi connectivity index (χ2v) is 2.41. The minimum absolute atomic E-state index is 0.335. The third-order valence-corrected chi connectivity index (χ3v) is 1.26. The first-order valence-electron chi connectivity index (χ1n) is 4.18. The zero-order valence-corrected chi connectivity index (χ0v) is 8.07. The molecule has 0 bridgehead atoms. The first kappa shape index (κ1) is 10.7. The maximum Gasteiger partial charge on any atom is 0.102 e. The molecule has 1 aromatic heterocycles. The number of nitrogens with zero attached hydrogens (tertiary/aromatic N) is 3. The Labute approximate surface area is 73.6 Å². The lowest BCUT2D eigenvalue weighted by atomic mass is 10.4. The molecule has 3 nitrogen and oxygen atoms in total. The molecule has 0 N–H and O–H groups in total. The molecule has 1 aromatic rings. The van der Waals surface area contributed by atoms with E-state index in [1.807, 2.05) is 33.8 Å². The normalized spacial score (nSPS) is 8.67. The monoisotopic (exact) mass is 165 g/mol. The van der Waals surface area contributed by atoms with Crippen molar-refractivity contribution >= 4 is 0 Å². The lowest BCUT2D eigenvalue weighted by Crippen LogP contribution is -1.99. The van der Waals surface area contributed by atoms with E-state index in [1.54, 1.807) is 17.1 Å². The van der Waals surface area contributed by atoms with Gasteiger partial charge in [-0.25, -0.2) is 0 Å². The van der Waals surface area contributed by atoms with Gasteiger partial charge < -0.3 is 0 Å². The van der Waals surface area contributed by atoms with E-state index in [1.165, 1.54) is 0 Å². The summed E-state index contributed by atoms with van der Waals surface area (Å²) in [6.07, 6.45) is 3.31. The smallest absolute Gasteiger partial charge is 0.102 e. The highest BCUT2D eigenvalue weighted by Gasteiger charge is 1.98. The molecular weight excluding hydrogens is 150 g/mol. The second-order valence-electron chi connectivity index (χ2n) is 2.41. The van der Waals surface area contributed by atoms with Gasteiger partial charge in [-0.05, 0) is 13.8 Å². The summed E-state index contributed by atoms with van der Waals surface area (Å²) < 4.78 is 1.76. The van der Waals surface area contributed by atoms with Crippen molar-refractivity contribution in [3.05, 3.63) is 18.0 Å². The van der Waals surface area contributed by atoms with Crippen LogP contribution in [0.2, 0.25) is 0 Å². The van der Waals surface area contributed by atoms with Crippen LogP contribution in [0.4, 0.5) is 0 Å². The molecule has 1 rings (SSSR count). The first-order chi connectivity index (χ1) is 5.74. The van der Waals surface area contributed by atoms with E-state index >= 15 is 0 Å². The van der Waals surface area contributed by atoms with Crippen LogP contribution < -0.4 is 0 Å². The molecule has 0 amide bonds. The van der Waals surface area contributed by atoms with Crippen LogP contribution >= 0.6 is 0 Å². The minimum Gasteiger partial charge on any atom is -0.269 e. The largest absolute Gasteiger partial charge is 0.269 e. The summed E-state index contributed by atoms with van der Waals surface area (Å²) in [6, 6.07) is 2.35. The third-order valence-electron chi connectivity index (χ3n) is 1.26. The van der Waals surface area contributed by atoms with Gasteiger partial charge >= 0.3 is 0 Å². The van der Waals surface area contributed by atoms with Gasteiger partial charge in [0.1, 0.15) is 6.07 Å². The van der Waals surface area contributed by atoms with Crippen molar-refractivity contribution < 1.29 is 0 Å². The van der Waals surface area contributed by atoms with E-state index < -0.39 is 0 Å². The average molecular weight is 165 g/mol. The zero-order valence-electron chi connectivity index (χ0n) is 8.07. The Morgan fingerprint density at radius 2 is 2.08 bits per heavy atom. The van der Waals surface area contributed by atoms with E-state index in [0.29, 0.717) is 11.6 Å². The molecule has 0 aliphatic carbocycles. The summed E-state index contributed by atoms with van der Waals surface area (Å²) >= 11 is 0. The van der Waals surface area contributed by atoms with Crippen molar-refractivity contribution in [2.75, 3.05) is 0 Å². The Balaban J connectivity index is 0.000000561. The molecule has 66 valence electrons. The van der Waals surface area contributed by atoms with E-state index in [-0.39, 0.29) is 0 Å². The van der Waals surface area contributed by atoms with Gasteiger partial charge in [-0.1, -0.05) is 13.8 Å². The molecule has 0 aromatic carbocycles. The van der Waals surface area contributed by atoms with Gasteiger partial charge in [0.05, 0.1) is 11.8 Å². The Hall–Kier alpha value is -1.30. The fourth-order valence-electron chi connectivity index (χ4n) is 0.678. The molecule has 3 heteroatoms. The number of rotatable bonds is 1. The summed E-state index contributed by atoms with van der Waals surface area (Å²) in [5.74, 6) is 0. The van der Waals surface area contributed by atoms with Crippen molar-refractivity contribution in [2.45, 2.75) is 33.7 Å². The summed E-state index contributed by atoms with van der Waals surface area (Å²) in [4.78, 5) is 0. The summed E-state index contributed by atoms with van der Waals surface area (Å²) in [5, 5.41) is 12.4. The highest BCUT2D eigenvalue weighted by atomic mass is 15.3. The Bertz CT molecular complexity index is 255.